The molecule has 114 valence electrons. The standard InChI is InChI=1S/C14H19N3O4/c1-21-13-7-2-9(8-12(13)17(19)20)14(18)16-11-5-3-10(15)4-6-11/h2,7-8,10-11H,3-6,15H2,1H3,(H,16,18). The van der Waals surface area contributed by atoms with Crippen LogP contribution < -0.4 is 15.8 Å². The Labute approximate surface area is 122 Å². The molecule has 0 saturated heterocycles. The second-order valence-electron chi connectivity index (χ2n) is 5.23. The van der Waals surface area contributed by atoms with Crippen LogP contribution in [-0.4, -0.2) is 30.0 Å². The van der Waals surface area contributed by atoms with Crippen LogP contribution in [0.1, 0.15) is 36.0 Å². The van der Waals surface area contributed by atoms with Crippen LogP contribution in [0.15, 0.2) is 18.2 Å². The van der Waals surface area contributed by atoms with Crippen molar-refractivity contribution in [2.45, 2.75) is 37.8 Å². The summed E-state index contributed by atoms with van der Waals surface area (Å²) in [5.74, 6) is -0.165. The summed E-state index contributed by atoms with van der Waals surface area (Å²) in [5.41, 5.74) is 5.87. The lowest BCUT2D eigenvalue weighted by Gasteiger charge is -2.26. The third-order valence-electron chi connectivity index (χ3n) is 3.74. The van der Waals surface area contributed by atoms with E-state index >= 15 is 0 Å². The van der Waals surface area contributed by atoms with E-state index in [9.17, 15) is 14.9 Å². The smallest absolute Gasteiger partial charge is 0.311 e. The van der Waals surface area contributed by atoms with Gasteiger partial charge in [-0.25, -0.2) is 0 Å². The lowest BCUT2D eigenvalue weighted by molar-refractivity contribution is -0.385. The van der Waals surface area contributed by atoms with E-state index in [4.69, 9.17) is 10.5 Å². The van der Waals surface area contributed by atoms with Gasteiger partial charge < -0.3 is 15.8 Å². The molecule has 0 spiro atoms. The molecule has 21 heavy (non-hydrogen) atoms. The van der Waals surface area contributed by atoms with Gasteiger partial charge in [-0.1, -0.05) is 0 Å². The van der Waals surface area contributed by atoms with Crippen molar-refractivity contribution in [2.75, 3.05) is 7.11 Å². The molecule has 7 nitrogen and oxygen atoms in total. The number of methoxy groups -OCH3 is 1. The van der Waals surface area contributed by atoms with Gasteiger partial charge in [0.25, 0.3) is 5.91 Å². The maximum Gasteiger partial charge on any atom is 0.311 e. The summed E-state index contributed by atoms with van der Waals surface area (Å²) in [5, 5.41) is 13.9. The van der Waals surface area contributed by atoms with Crippen LogP contribution in [-0.2, 0) is 0 Å². The van der Waals surface area contributed by atoms with Gasteiger partial charge >= 0.3 is 5.69 Å². The van der Waals surface area contributed by atoms with E-state index in [-0.39, 0.29) is 35.0 Å². The highest BCUT2D eigenvalue weighted by molar-refractivity contribution is 5.95. The molecule has 1 saturated carbocycles. The van der Waals surface area contributed by atoms with Gasteiger partial charge in [-0.15, -0.1) is 0 Å². The highest BCUT2D eigenvalue weighted by Gasteiger charge is 2.22. The van der Waals surface area contributed by atoms with E-state index in [0.29, 0.717) is 0 Å². The Balaban J connectivity index is 2.09. The van der Waals surface area contributed by atoms with Crippen molar-refractivity contribution in [3.8, 4) is 5.75 Å². The van der Waals surface area contributed by atoms with Gasteiger partial charge in [0.1, 0.15) is 0 Å². The topological polar surface area (TPSA) is 107 Å². The summed E-state index contributed by atoms with van der Waals surface area (Å²) >= 11 is 0. The second-order valence-corrected chi connectivity index (χ2v) is 5.23. The normalized spacial score (nSPS) is 21.6. The molecule has 1 aromatic carbocycles. The molecule has 1 aliphatic rings. The Kier molecular flexibility index (Phi) is 4.74. The number of nitro groups is 1. The van der Waals surface area contributed by atoms with Crippen molar-refractivity contribution in [1.82, 2.24) is 5.32 Å². The Morgan fingerprint density at radius 2 is 2.05 bits per heavy atom. The molecule has 1 aromatic rings. The number of nitrogens with zero attached hydrogens (tertiary/aromatic N) is 1. The Hall–Kier alpha value is -2.15. The van der Waals surface area contributed by atoms with E-state index in [1.165, 1.54) is 25.3 Å². The minimum Gasteiger partial charge on any atom is -0.490 e. The predicted octanol–water partition coefficient (Wildman–Crippen LogP) is 1.60. The highest BCUT2D eigenvalue weighted by atomic mass is 16.6. The molecule has 0 heterocycles. The lowest BCUT2D eigenvalue weighted by atomic mass is 9.91. The molecule has 0 unspecified atom stereocenters. The van der Waals surface area contributed by atoms with Gasteiger partial charge in [-0.3, -0.25) is 14.9 Å². The van der Waals surface area contributed by atoms with E-state index in [1.54, 1.807) is 0 Å². The van der Waals surface area contributed by atoms with Crippen LogP contribution >= 0.6 is 0 Å². The number of rotatable bonds is 4. The van der Waals surface area contributed by atoms with Crippen molar-refractivity contribution in [3.63, 3.8) is 0 Å². The van der Waals surface area contributed by atoms with Crippen molar-refractivity contribution in [3.05, 3.63) is 33.9 Å². The first-order valence-corrected chi connectivity index (χ1v) is 6.90. The molecule has 0 aliphatic heterocycles. The van der Waals surface area contributed by atoms with Crippen LogP contribution in [0.3, 0.4) is 0 Å². The Bertz CT molecular complexity index is 539. The first kappa shape index (κ1) is 15.2. The van der Waals surface area contributed by atoms with E-state index < -0.39 is 4.92 Å². The quantitative estimate of drug-likeness (QED) is 0.647. The number of carbonyl (C=O) groups excluding carboxylic acids is 1. The SMILES string of the molecule is COc1ccc(C(=O)NC2CCC(N)CC2)cc1[N+](=O)[O-]. The zero-order valence-corrected chi connectivity index (χ0v) is 11.9. The molecular formula is C14H19N3O4. The third kappa shape index (κ3) is 3.69. The zero-order chi connectivity index (χ0) is 15.4. The van der Waals surface area contributed by atoms with Crippen molar-refractivity contribution in [1.29, 1.82) is 0 Å². The summed E-state index contributed by atoms with van der Waals surface area (Å²) in [6, 6.07) is 4.49. The second kappa shape index (κ2) is 6.53. The number of hydrogen-bond donors (Lipinski definition) is 2. The van der Waals surface area contributed by atoms with Crippen LogP contribution in [0.5, 0.6) is 5.75 Å². The largest absolute Gasteiger partial charge is 0.490 e. The van der Waals surface area contributed by atoms with Gasteiger partial charge in [0, 0.05) is 23.7 Å². The van der Waals surface area contributed by atoms with E-state index in [0.717, 1.165) is 25.7 Å². The summed E-state index contributed by atoms with van der Waals surface area (Å²) in [6.45, 7) is 0. The fourth-order valence-corrected chi connectivity index (χ4v) is 2.51. The fraction of sp³-hybridized carbons (Fsp3) is 0.500. The Morgan fingerprint density at radius 1 is 1.38 bits per heavy atom. The van der Waals surface area contributed by atoms with Crippen LogP contribution in [0.2, 0.25) is 0 Å². The maximum atomic E-state index is 12.2. The molecule has 7 heteroatoms. The van der Waals surface area contributed by atoms with Crippen molar-refractivity contribution >= 4 is 11.6 Å². The first-order valence-electron chi connectivity index (χ1n) is 6.90. The van der Waals surface area contributed by atoms with Crippen LogP contribution in [0.4, 0.5) is 5.69 Å². The highest BCUT2D eigenvalue weighted by Crippen LogP contribution is 2.27. The van der Waals surface area contributed by atoms with E-state index in [1.807, 2.05) is 0 Å². The molecule has 1 fully saturated rings. The predicted molar refractivity (Wildman–Crippen MR) is 77.3 cm³/mol. The van der Waals surface area contributed by atoms with Crippen molar-refractivity contribution < 1.29 is 14.5 Å². The number of nitrogens with two attached hydrogens (primary N) is 1. The number of ether oxygens (including phenoxy) is 1. The molecule has 0 atom stereocenters. The minimum atomic E-state index is -0.560. The molecule has 0 bridgehead atoms. The lowest BCUT2D eigenvalue weighted by Crippen LogP contribution is -2.40. The maximum absolute atomic E-state index is 12.2. The molecular weight excluding hydrogens is 274 g/mol. The third-order valence-corrected chi connectivity index (χ3v) is 3.74. The number of benzene rings is 1. The molecule has 2 rings (SSSR count). The minimum absolute atomic E-state index is 0.0819. The summed E-state index contributed by atoms with van der Waals surface area (Å²) < 4.78 is 4.92. The molecule has 0 radical (unpaired) electrons. The van der Waals surface area contributed by atoms with Gasteiger partial charge in [-0.05, 0) is 37.8 Å². The number of carbonyl (C=O) groups is 1. The number of hydrogen-bond acceptors (Lipinski definition) is 5. The van der Waals surface area contributed by atoms with Crippen LogP contribution in [0.25, 0.3) is 0 Å². The average molecular weight is 293 g/mol. The Morgan fingerprint density at radius 3 is 2.62 bits per heavy atom. The summed E-state index contributed by atoms with van der Waals surface area (Å²) in [6.07, 6.45) is 3.44. The van der Waals surface area contributed by atoms with Crippen molar-refractivity contribution in [2.24, 2.45) is 5.73 Å². The first-order chi connectivity index (χ1) is 10.0. The molecule has 3 N–H and O–H groups in total. The molecule has 0 aromatic heterocycles. The summed E-state index contributed by atoms with van der Waals surface area (Å²) in [4.78, 5) is 22.6. The van der Waals surface area contributed by atoms with Gasteiger partial charge in [0.05, 0.1) is 12.0 Å². The van der Waals surface area contributed by atoms with Crippen LogP contribution in [0, 0.1) is 10.1 Å². The fourth-order valence-electron chi connectivity index (χ4n) is 2.51. The summed E-state index contributed by atoms with van der Waals surface area (Å²) in [7, 11) is 1.35. The molecule has 1 amide bonds. The van der Waals surface area contributed by atoms with Gasteiger partial charge in [-0.2, -0.15) is 0 Å². The number of nitro benzene ring substituents is 1. The average Bonchev–Trinajstić information content (AvgIpc) is 2.48. The molecule has 1 aliphatic carbocycles. The van der Waals surface area contributed by atoms with Gasteiger partial charge in [0.15, 0.2) is 5.75 Å². The number of amides is 1. The monoisotopic (exact) mass is 293 g/mol. The zero-order valence-electron chi connectivity index (χ0n) is 11.9. The number of nitrogens with one attached hydrogen (secondary N) is 1. The van der Waals surface area contributed by atoms with Gasteiger partial charge in [0.2, 0.25) is 0 Å². The van der Waals surface area contributed by atoms with E-state index in [2.05, 4.69) is 5.32 Å².